The van der Waals surface area contributed by atoms with E-state index in [4.69, 9.17) is 5.21 Å². The number of oxime groups is 1. The molecule has 0 amide bonds. The van der Waals surface area contributed by atoms with Gasteiger partial charge in [-0.2, -0.15) is 4.57 Å². The summed E-state index contributed by atoms with van der Waals surface area (Å²) in [6.45, 7) is 0. The van der Waals surface area contributed by atoms with E-state index < -0.39 is 0 Å². The summed E-state index contributed by atoms with van der Waals surface area (Å²) in [7, 11) is 1.95. The van der Waals surface area contributed by atoms with Crippen LogP contribution in [0.4, 0.5) is 0 Å². The van der Waals surface area contributed by atoms with Crippen LogP contribution in [-0.2, 0) is 7.05 Å². The summed E-state index contributed by atoms with van der Waals surface area (Å²) < 4.78 is 4.05. The molecule has 0 aliphatic carbocycles. The van der Waals surface area contributed by atoms with E-state index in [1.54, 1.807) is 11.8 Å². The van der Waals surface area contributed by atoms with Crippen molar-refractivity contribution in [3.63, 3.8) is 0 Å². The fourth-order valence-electron chi connectivity index (χ4n) is 1.73. The summed E-state index contributed by atoms with van der Waals surface area (Å²) in [5.74, 6) is 0. The monoisotopic (exact) mass is 375 g/mol. The molecule has 0 saturated heterocycles. The van der Waals surface area contributed by atoms with E-state index in [1.807, 2.05) is 54.4 Å². The van der Waals surface area contributed by atoms with Crippen molar-refractivity contribution in [2.24, 2.45) is 12.2 Å². The molecule has 0 bridgehead atoms. The first-order valence-electron chi connectivity index (χ1n) is 5.16. The smallest absolute Gasteiger partial charge is 0.323 e. The van der Waals surface area contributed by atoms with Crippen LogP contribution in [0.1, 0.15) is 5.69 Å². The van der Waals surface area contributed by atoms with Gasteiger partial charge in [0.1, 0.15) is 18.1 Å². The fraction of sp³-hybridized carbons (Fsp3) is 0.167. The summed E-state index contributed by atoms with van der Waals surface area (Å²) >= 11 is 1.65. The van der Waals surface area contributed by atoms with Crippen molar-refractivity contribution in [2.75, 3.05) is 6.26 Å². The molecule has 2 rings (SSSR count). The largest absolute Gasteiger partial charge is 1.00 e. The maximum Gasteiger partial charge on any atom is 0.323 e. The van der Waals surface area contributed by atoms with Gasteiger partial charge < -0.3 is 29.2 Å². The second kappa shape index (κ2) is 6.79. The Balaban J connectivity index is 0.00000162. The van der Waals surface area contributed by atoms with Gasteiger partial charge in [-0.05, 0) is 30.2 Å². The van der Waals surface area contributed by atoms with Crippen LogP contribution in [0.2, 0.25) is 0 Å². The zero-order chi connectivity index (χ0) is 12.3. The third-order valence-electron chi connectivity index (χ3n) is 2.55. The van der Waals surface area contributed by atoms with Gasteiger partial charge in [0, 0.05) is 0 Å². The lowest BCUT2D eigenvalue weighted by atomic mass is 10.3. The van der Waals surface area contributed by atoms with Gasteiger partial charge in [-0.15, -0.1) is 0 Å². The standard InChI is InChI=1S/C12H13N3OS.HI/c1-14-11(8-13-16)9-15(12(14)17-2)10-6-4-3-5-7-10;/h3-9H,1-2H3;1H/b13-8+;. The average molecular weight is 375 g/mol. The predicted octanol–water partition coefficient (Wildman–Crippen LogP) is -1.16. The molecule has 0 fully saturated rings. The molecule has 96 valence electrons. The zero-order valence-corrected chi connectivity index (χ0v) is 13.1. The minimum absolute atomic E-state index is 0. The number of halogens is 1. The number of thioether (sulfide) groups is 1. The second-order valence-corrected chi connectivity index (χ2v) is 4.32. The van der Waals surface area contributed by atoms with Crippen molar-refractivity contribution < 1.29 is 33.8 Å². The van der Waals surface area contributed by atoms with Gasteiger partial charge in [-0.1, -0.05) is 23.4 Å². The Bertz CT molecular complexity index is 540. The molecule has 0 saturated carbocycles. The molecule has 1 aromatic carbocycles. The van der Waals surface area contributed by atoms with E-state index in [9.17, 15) is 0 Å². The van der Waals surface area contributed by atoms with Crippen molar-refractivity contribution >= 4 is 18.0 Å². The highest BCUT2D eigenvalue weighted by atomic mass is 127. The van der Waals surface area contributed by atoms with Gasteiger partial charge in [0.25, 0.3) is 0 Å². The lowest BCUT2D eigenvalue weighted by Crippen LogP contribution is -3.00. The lowest BCUT2D eigenvalue weighted by molar-refractivity contribution is -0.636. The molecule has 0 unspecified atom stereocenters. The average Bonchev–Trinajstić information content (AvgIpc) is 2.68. The van der Waals surface area contributed by atoms with Crippen LogP contribution in [0.3, 0.4) is 0 Å². The first kappa shape index (κ1) is 15.0. The normalized spacial score (nSPS) is 10.6. The minimum Gasteiger partial charge on any atom is -1.00 e. The number of rotatable bonds is 3. The summed E-state index contributed by atoms with van der Waals surface area (Å²) in [5.41, 5.74) is 1.94. The molecule has 18 heavy (non-hydrogen) atoms. The molecule has 1 aromatic heterocycles. The molecular formula is C12H14IN3OS. The highest BCUT2D eigenvalue weighted by Crippen LogP contribution is 2.14. The molecule has 0 radical (unpaired) electrons. The third-order valence-corrected chi connectivity index (χ3v) is 3.38. The first-order valence-corrected chi connectivity index (χ1v) is 6.38. The Morgan fingerprint density at radius 2 is 2.00 bits per heavy atom. The molecular weight excluding hydrogens is 361 g/mol. The Hall–Kier alpha value is -1.02. The maximum atomic E-state index is 8.63. The third kappa shape index (κ3) is 2.86. The van der Waals surface area contributed by atoms with E-state index in [0.717, 1.165) is 16.5 Å². The van der Waals surface area contributed by atoms with Gasteiger partial charge in [-0.25, -0.2) is 4.57 Å². The van der Waals surface area contributed by atoms with Crippen LogP contribution in [-0.4, -0.2) is 22.2 Å². The van der Waals surface area contributed by atoms with Gasteiger partial charge >= 0.3 is 5.16 Å². The van der Waals surface area contributed by atoms with Crippen LogP contribution in [0, 0.1) is 0 Å². The van der Waals surface area contributed by atoms with Crippen molar-refractivity contribution in [1.82, 2.24) is 4.57 Å². The lowest BCUT2D eigenvalue weighted by Gasteiger charge is -1.98. The van der Waals surface area contributed by atoms with E-state index in [2.05, 4.69) is 9.72 Å². The van der Waals surface area contributed by atoms with E-state index in [1.165, 1.54) is 6.21 Å². The summed E-state index contributed by atoms with van der Waals surface area (Å²) in [6, 6.07) is 10.1. The van der Waals surface area contributed by atoms with Crippen LogP contribution < -0.4 is 28.5 Å². The van der Waals surface area contributed by atoms with Crippen LogP contribution >= 0.6 is 11.8 Å². The molecule has 0 aliphatic heterocycles. The van der Waals surface area contributed by atoms with Crippen molar-refractivity contribution in [1.29, 1.82) is 0 Å². The van der Waals surface area contributed by atoms with Crippen molar-refractivity contribution in [3.05, 3.63) is 42.2 Å². The second-order valence-electron chi connectivity index (χ2n) is 3.55. The van der Waals surface area contributed by atoms with Crippen molar-refractivity contribution in [2.45, 2.75) is 5.16 Å². The Morgan fingerprint density at radius 3 is 2.56 bits per heavy atom. The summed E-state index contributed by atoms with van der Waals surface area (Å²) in [4.78, 5) is 0. The molecule has 0 spiro atoms. The van der Waals surface area contributed by atoms with Gasteiger partial charge in [0.05, 0.1) is 7.05 Å². The minimum atomic E-state index is 0. The number of imidazole rings is 1. The highest BCUT2D eigenvalue weighted by Gasteiger charge is 2.20. The highest BCUT2D eigenvalue weighted by molar-refractivity contribution is 7.98. The molecule has 2 aromatic rings. The fourth-order valence-corrected chi connectivity index (χ4v) is 2.47. The Kier molecular flexibility index (Phi) is 5.67. The van der Waals surface area contributed by atoms with E-state index >= 15 is 0 Å². The summed E-state index contributed by atoms with van der Waals surface area (Å²) in [5, 5.41) is 12.8. The molecule has 6 heteroatoms. The maximum absolute atomic E-state index is 8.63. The Labute approximate surface area is 127 Å². The van der Waals surface area contributed by atoms with Gasteiger partial charge in [0.2, 0.25) is 0 Å². The first-order chi connectivity index (χ1) is 8.27. The molecule has 0 atom stereocenters. The predicted molar refractivity (Wildman–Crippen MR) is 68.1 cm³/mol. The molecule has 0 aliphatic rings. The van der Waals surface area contributed by atoms with Crippen LogP contribution in [0.15, 0.2) is 46.8 Å². The molecule has 4 nitrogen and oxygen atoms in total. The summed E-state index contributed by atoms with van der Waals surface area (Å²) in [6.07, 6.45) is 5.40. The number of benzene rings is 1. The van der Waals surface area contributed by atoms with Crippen LogP contribution in [0.25, 0.3) is 5.69 Å². The van der Waals surface area contributed by atoms with E-state index in [0.29, 0.717) is 0 Å². The SMILES string of the molecule is CSc1n(C)c(/C=N/O)c[n+]1-c1ccccc1.[I-]. The van der Waals surface area contributed by atoms with Crippen LogP contribution in [0.5, 0.6) is 0 Å². The number of hydrogen-bond acceptors (Lipinski definition) is 3. The zero-order valence-electron chi connectivity index (χ0n) is 10.1. The number of nitrogens with zero attached hydrogens (tertiary/aromatic N) is 3. The quantitative estimate of drug-likeness (QED) is 0.184. The van der Waals surface area contributed by atoms with Crippen molar-refractivity contribution in [3.8, 4) is 5.69 Å². The topological polar surface area (TPSA) is 41.4 Å². The number of aromatic nitrogens is 2. The van der Waals surface area contributed by atoms with Gasteiger partial charge in [0.15, 0.2) is 5.69 Å². The molecule has 1 N–H and O–H groups in total. The Morgan fingerprint density at radius 1 is 1.33 bits per heavy atom. The van der Waals surface area contributed by atoms with E-state index in [-0.39, 0.29) is 24.0 Å². The number of hydrogen-bond donors (Lipinski definition) is 1. The number of para-hydroxylation sites is 1. The van der Waals surface area contributed by atoms with Gasteiger partial charge in [-0.3, -0.25) is 0 Å². The molecule has 1 heterocycles.